The van der Waals surface area contributed by atoms with Gasteiger partial charge in [-0.3, -0.25) is 0 Å². The molecule has 0 saturated carbocycles. The first-order valence-corrected chi connectivity index (χ1v) is 5.71. The van der Waals surface area contributed by atoms with Crippen LogP contribution in [0.2, 0.25) is 0 Å². The van der Waals surface area contributed by atoms with E-state index >= 15 is 0 Å². The van der Waals surface area contributed by atoms with Crippen molar-refractivity contribution in [2.75, 3.05) is 24.3 Å². The molecule has 1 unspecified atom stereocenters. The number of anilines is 1. The number of ether oxygens (including phenoxy) is 1. The summed E-state index contributed by atoms with van der Waals surface area (Å²) in [6.45, 7) is 2.04. The summed E-state index contributed by atoms with van der Waals surface area (Å²) in [7, 11) is 0. The fraction of sp³-hybridized carbons (Fsp3) is 0.455. The number of nitrogens with one attached hydrogen (secondary N) is 1. The molecule has 1 atom stereocenters. The molecular weight excluding hydrogens is 252 g/mol. The maximum Gasteiger partial charge on any atom is 0.178 e. The molecule has 2 N–H and O–H groups in total. The third-order valence-electron chi connectivity index (χ3n) is 2.00. The molecule has 0 heterocycles. The Morgan fingerprint density at radius 1 is 1.47 bits per heavy atom. The molecule has 17 heavy (non-hydrogen) atoms. The molecule has 1 aromatic carbocycles. The van der Waals surface area contributed by atoms with E-state index in [1.54, 1.807) is 6.92 Å². The molecule has 0 aliphatic carbocycles. The predicted molar refractivity (Wildman–Crippen MR) is 62.7 cm³/mol. The van der Waals surface area contributed by atoms with E-state index in [1.165, 1.54) is 0 Å². The van der Waals surface area contributed by atoms with E-state index in [0.717, 1.165) is 12.1 Å². The molecule has 0 aliphatic rings. The summed E-state index contributed by atoms with van der Waals surface area (Å²) in [6, 6.07) is 1.85. The van der Waals surface area contributed by atoms with Crippen LogP contribution in [0.4, 0.5) is 14.5 Å². The second-order valence-electron chi connectivity index (χ2n) is 3.39. The molecule has 1 aromatic rings. The zero-order chi connectivity index (χ0) is 12.8. The lowest BCUT2D eigenvalue weighted by atomic mass is 10.2. The normalized spacial score (nSPS) is 12.3. The SMILES string of the molecule is CCOc1c(F)cc(F)cc1NCC(O)CCl. The lowest BCUT2D eigenvalue weighted by Crippen LogP contribution is -2.21. The summed E-state index contributed by atoms with van der Waals surface area (Å²) in [5.74, 6) is -1.52. The molecule has 0 aromatic heterocycles. The van der Waals surface area contributed by atoms with Crippen molar-refractivity contribution in [3.63, 3.8) is 0 Å². The van der Waals surface area contributed by atoms with Crippen LogP contribution in [-0.2, 0) is 0 Å². The van der Waals surface area contributed by atoms with Crippen LogP contribution in [-0.4, -0.2) is 30.2 Å². The van der Waals surface area contributed by atoms with E-state index in [1.807, 2.05) is 0 Å². The van der Waals surface area contributed by atoms with Gasteiger partial charge in [0.2, 0.25) is 0 Å². The first-order valence-electron chi connectivity index (χ1n) is 5.18. The number of aliphatic hydroxyl groups is 1. The Balaban J connectivity index is 2.87. The van der Waals surface area contributed by atoms with Crippen LogP contribution in [0.1, 0.15) is 6.92 Å². The van der Waals surface area contributed by atoms with Crippen LogP contribution >= 0.6 is 11.6 Å². The Hall–Kier alpha value is -1.07. The number of aliphatic hydroxyl groups excluding tert-OH is 1. The molecule has 1 rings (SSSR count). The smallest absolute Gasteiger partial charge is 0.178 e. The highest BCUT2D eigenvalue weighted by atomic mass is 35.5. The third-order valence-corrected chi connectivity index (χ3v) is 2.36. The Morgan fingerprint density at radius 2 is 2.18 bits per heavy atom. The largest absolute Gasteiger partial charge is 0.489 e. The van der Waals surface area contributed by atoms with Crippen molar-refractivity contribution in [1.29, 1.82) is 0 Å². The monoisotopic (exact) mass is 265 g/mol. The average Bonchev–Trinajstić information content (AvgIpc) is 2.29. The molecular formula is C11H14ClF2NO2. The molecule has 6 heteroatoms. The highest BCUT2D eigenvalue weighted by molar-refractivity contribution is 6.18. The first kappa shape index (κ1) is 14.0. The highest BCUT2D eigenvalue weighted by Gasteiger charge is 2.13. The van der Waals surface area contributed by atoms with Crippen molar-refractivity contribution >= 4 is 17.3 Å². The zero-order valence-electron chi connectivity index (χ0n) is 9.34. The van der Waals surface area contributed by atoms with Crippen molar-refractivity contribution in [3.8, 4) is 5.75 Å². The standard InChI is InChI=1S/C11H14ClF2NO2/c1-2-17-11-9(14)3-7(13)4-10(11)15-6-8(16)5-12/h3-4,8,15-16H,2,5-6H2,1H3. The first-order chi connectivity index (χ1) is 8.08. The zero-order valence-corrected chi connectivity index (χ0v) is 10.1. The van der Waals surface area contributed by atoms with E-state index in [4.69, 9.17) is 16.3 Å². The van der Waals surface area contributed by atoms with Gasteiger partial charge in [0.1, 0.15) is 5.82 Å². The second-order valence-corrected chi connectivity index (χ2v) is 3.69. The van der Waals surface area contributed by atoms with E-state index < -0.39 is 17.7 Å². The van der Waals surface area contributed by atoms with Crippen molar-refractivity contribution in [1.82, 2.24) is 0 Å². The van der Waals surface area contributed by atoms with Crippen LogP contribution in [0.3, 0.4) is 0 Å². The highest BCUT2D eigenvalue weighted by Crippen LogP contribution is 2.29. The maximum atomic E-state index is 13.4. The second kappa shape index (κ2) is 6.61. The van der Waals surface area contributed by atoms with Gasteiger partial charge in [0.25, 0.3) is 0 Å². The molecule has 0 fully saturated rings. The fourth-order valence-electron chi connectivity index (χ4n) is 1.27. The van der Waals surface area contributed by atoms with Gasteiger partial charge in [-0.1, -0.05) is 0 Å². The average molecular weight is 266 g/mol. The number of alkyl halides is 1. The minimum atomic E-state index is -0.794. The number of hydrogen-bond acceptors (Lipinski definition) is 3. The topological polar surface area (TPSA) is 41.5 Å². The third kappa shape index (κ3) is 4.02. The summed E-state index contributed by atoms with van der Waals surface area (Å²) in [6.07, 6.45) is -0.794. The summed E-state index contributed by atoms with van der Waals surface area (Å²) in [4.78, 5) is 0. The lowest BCUT2D eigenvalue weighted by molar-refractivity contribution is 0.211. The predicted octanol–water partition coefficient (Wildman–Crippen LogP) is 2.38. The Labute approximate surface area is 103 Å². The van der Waals surface area contributed by atoms with Crippen molar-refractivity contribution < 1.29 is 18.6 Å². The fourth-order valence-corrected chi connectivity index (χ4v) is 1.37. The van der Waals surface area contributed by atoms with Gasteiger partial charge in [-0.05, 0) is 6.92 Å². The van der Waals surface area contributed by atoms with E-state index in [-0.39, 0.29) is 30.5 Å². The summed E-state index contributed by atoms with van der Waals surface area (Å²) >= 11 is 5.41. The molecule has 0 amide bonds. The van der Waals surface area contributed by atoms with Crippen LogP contribution in [0, 0.1) is 11.6 Å². The summed E-state index contributed by atoms with van der Waals surface area (Å²) in [5.41, 5.74) is 0.161. The Bertz CT molecular complexity index is 377. The quantitative estimate of drug-likeness (QED) is 0.776. The van der Waals surface area contributed by atoms with Gasteiger partial charge in [0.05, 0.1) is 24.3 Å². The Kier molecular flexibility index (Phi) is 5.44. The Morgan fingerprint density at radius 3 is 2.76 bits per heavy atom. The van der Waals surface area contributed by atoms with Crippen LogP contribution in [0.25, 0.3) is 0 Å². The maximum absolute atomic E-state index is 13.4. The van der Waals surface area contributed by atoms with Gasteiger partial charge in [-0.25, -0.2) is 8.78 Å². The van der Waals surface area contributed by atoms with Gasteiger partial charge in [0.15, 0.2) is 11.6 Å². The van der Waals surface area contributed by atoms with Crippen LogP contribution < -0.4 is 10.1 Å². The molecule has 0 saturated heterocycles. The van der Waals surface area contributed by atoms with Crippen LogP contribution in [0.5, 0.6) is 5.75 Å². The van der Waals surface area contributed by atoms with Crippen LogP contribution in [0.15, 0.2) is 12.1 Å². The van der Waals surface area contributed by atoms with Crippen molar-refractivity contribution in [3.05, 3.63) is 23.8 Å². The molecule has 0 radical (unpaired) electrons. The van der Waals surface area contributed by atoms with Crippen molar-refractivity contribution in [2.45, 2.75) is 13.0 Å². The molecule has 0 spiro atoms. The molecule has 3 nitrogen and oxygen atoms in total. The van der Waals surface area contributed by atoms with Gasteiger partial charge in [-0.2, -0.15) is 0 Å². The number of benzene rings is 1. The summed E-state index contributed by atoms with van der Waals surface area (Å²) < 4.78 is 31.5. The number of rotatable bonds is 6. The minimum Gasteiger partial charge on any atom is -0.489 e. The van der Waals surface area contributed by atoms with E-state index in [9.17, 15) is 13.9 Å². The molecule has 0 aliphatic heterocycles. The van der Waals surface area contributed by atoms with Gasteiger partial charge in [0, 0.05) is 18.7 Å². The summed E-state index contributed by atoms with van der Waals surface area (Å²) in [5, 5.41) is 11.9. The minimum absolute atomic E-state index is 0.0365. The lowest BCUT2D eigenvalue weighted by Gasteiger charge is -2.15. The van der Waals surface area contributed by atoms with Gasteiger partial charge < -0.3 is 15.2 Å². The molecule has 96 valence electrons. The number of halogens is 3. The van der Waals surface area contributed by atoms with E-state index in [0.29, 0.717) is 0 Å². The van der Waals surface area contributed by atoms with Crippen molar-refractivity contribution in [2.24, 2.45) is 0 Å². The van der Waals surface area contributed by atoms with Gasteiger partial charge >= 0.3 is 0 Å². The van der Waals surface area contributed by atoms with Gasteiger partial charge in [-0.15, -0.1) is 11.6 Å². The van der Waals surface area contributed by atoms with E-state index in [2.05, 4.69) is 5.32 Å². The molecule has 0 bridgehead atoms. The number of hydrogen-bond donors (Lipinski definition) is 2.